The molecule has 0 aliphatic rings. The van der Waals surface area contributed by atoms with Gasteiger partial charge in [-0.25, -0.2) is 12.8 Å². The summed E-state index contributed by atoms with van der Waals surface area (Å²) in [6, 6.07) is 6.08. The van der Waals surface area contributed by atoms with Crippen molar-refractivity contribution < 1.29 is 12.8 Å². The van der Waals surface area contributed by atoms with Crippen LogP contribution in [-0.2, 0) is 10.0 Å². The first-order valence-corrected chi connectivity index (χ1v) is 6.72. The molecule has 1 heterocycles. The Hall–Kier alpha value is -1.66. The molecule has 1 aromatic carbocycles. The van der Waals surface area contributed by atoms with E-state index in [1.54, 1.807) is 0 Å². The van der Waals surface area contributed by atoms with Crippen molar-refractivity contribution in [2.75, 3.05) is 4.72 Å². The molecular weight excluding hydrogens is 279 g/mol. The molecule has 2 aromatic rings. The molecule has 18 heavy (non-hydrogen) atoms. The van der Waals surface area contributed by atoms with Crippen molar-refractivity contribution in [3.05, 3.63) is 53.6 Å². The van der Waals surface area contributed by atoms with Crippen LogP contribution < -0.4 is 4.72 Å². The fourth-order valence-electron chi connectivity index (χ4n) is 1.32. The van der Waals surface area contributed by atoms with Crippen molar-refractivity contribution in [2.24, 2.45) is 0 Å². The Labute approximate surface area is 108 Å². The molecule has 0 unspecified atom stereocenters. The molecule has 0 saturated heterocycles. The van der Waals surface area contributed by atoms with Crippen molar-refractivity contribution in [1.82, 2.24) is 4.98 Å². The Morgan fingerprint density at radius 2 is 1.83 bits per heavy atom. The van der Waals surface area contributed by atoms with E-state index in [-0.39, 0.29) is 9.92 Å². The third kappa shape index (κ3) is 2.96. The predicted molar refractivity (Wildman–Crippen MR) is 66.5 cm³/mol. The number of hydrogen-bond donors (Lipinski definition) is 1. The molecule has 0 atom stereocenters. The normalized spacial score (nSPS) is 11.2. The number of halogens is 2. The maximum Gasteiger partial charge on any atom is 0.262 e. The average Bonchev–Trinajstić information content (AvgIpc) is 2.28. The highest BCUT2D eigenvalue weighted by atomic mass is 35.5. The van der Waals surface area contributed by atoms with Crippen LogP contribution in [0.5, 0.6) is 0 Å². The summed E-state index contributed by atoms with van der Waals surface area (Å²) in [7, 11) is -3.86. The van der Waals surface area contributed by atoms with E-state index in [0.29, 0.717) is 5.69 Å². The van der Waals surface area contributed by atoms with Crippen LogP contribution in [0.15, 0.2) is 47.6 Å². The van der Waals surface area contributed by atoms with Gasteiger partial charge in [-0.15, -0.1) is 0 Å². The lowest BCUT2D eigenvalue weighted by Crippen LogP contribution is -2.13. The van der Waals surface area contributed by atoms with E-state index in [4.69, 9.17) is 11.6 Å². The molecule has 4 nitrogen and oxygen atoms in total. The minimum Gasteiger partial charge on any atom is -0.280 e. The lowest BCUT2D eigenvalue weighted by atomic mass is 10.3. The molecule has 94 valence electrons. The lowest BCUT2D eigenvalue weighted by molar-refractivity contribution is 0.595. The van der Waals surface area contributed by atoms with Gasteiger partial charge in [0, 0.05) is 17.4 Å². The molecule has 0 aliphatic carbocycles. The molecule has 1 N–H and O–H groups in total. The van der Waals surface area contributed by atoms with Crippen LogP contribution in [0, 0.1) is 5.82 Å². The van der Waals surface area contributed by atoms with Crippen LogP contribution in [0.25, 0.3) is 0 Å². The Kier molecular flexibility index (Phi) is 3.49. The molecule has 7 heteroatoms. The Morgan fingerprint density at radius 1 is 1.17 bits per heavy atom. The zero-order valence-corrected chi connectivity index (χ0v) is 10.5. The zero-order chi connectivity index (χ0) is 13.2. The van der Waals surface area contributed by atoms with E-state index in [0.717, 1.165) is 12.1 Å². The van der Waals surface area contributed by atoms with Crippen LogP contribution in [0.2, 0.25) is 5.02 Å². The van der Waals surface area contributed by atoms with Crippen molar-refractivity contribution in [3.8, 4) is 0 Å². The van der Waals surface area contributed by atoms with Gasteiger partial charge in [0.15, 0.2) is 0 Å². The number of pyridine rings is 1. The number of rotatable bonds is 3. The van der Waals surface area contributed by atoms with Crippen molar-refractivity contribution >= 4 is 27.3 Å². The summed E-state index contributed by atoms with van der Waals surface area (Å²) in [4.78, 5) is 3.53. The number of sulfonamides is 1. The summed E-state index contributed by atoms with van der Waals surface area (Å²) >= 11 is 5.62. The number of nitrogens with zero attached hydrogens (tertiary/aromatic N) is 1. The van der Waals surface area contributed by atoms with Gasteiger partial charge in [0.05, 0.1) is 10.6 Å². The van der Waals surface area contributed by atoms with Gasteiger partial charge in [0.1, 0.15) is 5.82 Å². The van der Waals surface area contributed by atoms with Gasteiger partial charge in [-0.1, -0.05) is 11.6 Å². The highest BCUT2D eigenvalue weighted by molar-refractivity contribution is 7.92. The third-order valence-corrected chi connectivity index (χ3v) is 3.66. The number of hydrogen-bond acceptors (Lipinski definition) is 3. The molecule has 0 bridgehead atoms. The summed E-state index contributed by atoms with van der Waals surface area (Å²) in [5.41, 5.74) is 0.338. The smallest absolute Gasteiger partial charge is 0.262 e. The third-order valence-electron chi connectivity index (χ3n) is 2.08. The number of aromatic nitrogens is 1. The van der Waals surface area contributed by atoms with Crippen molar-refractivity contribution in [3.63, 3.8) is 0 Å². The fraction of sp³-hybridized carbons (Fsp3) is 0. The molecule has 0 spiro atoms. The summed E-state index contributed by atoms with van der Waals surface area (Å²) in [5, 5.41) is 0.0186. The molecule has 0 amide bonds. The maximum absolute atomic E-state index is 13.1. The second-order valence-electron chi connectivity index (χ2n) is 3.45. The average molecular weight is 287 g/mol. The maximum atomic E-state index is 13.1. The quantitative estimate of drug-likeness (QED) is 0.944. The molecule has 0 saturated carbocycles. The fourth-order valence-corrected chi connectivity index (χ4v) is 2.72. The molecular formula is C11H8ClFN2O2S. The summed E-state index contributed by atoms with van der Waals surface area (Å²) in [6.45, 7) is 0. The van der Waals surface area contributed by atoms with Gasteiger partial charge in [0.2, 0.25) is 0 Å². The number of benzene rings is 1. The lowest BCUT2D eigenvalue weighted by Gasteiger charge is -2.08. The molecule has 1 aromatic heterocycles. The van der Waals surface area contributed by atoms with Gasteiger partial charge in [-0.2, -0.15) is 0 Å². The van der Waals surface area contributed by atoms with Gasteiger partial charge in [-0.3, -0.25) is 9.71 Å². The summed E-state index contributed by atoms with van der Waals surface area (Å²) < 4.78 is 39.3. The number of nitrogens with one attached hydrogen (secondary N) is 1. The van der Waals surface area contributed by atoms with Crippen LogP contribution >= 0.6 is 11.6 Å². The van der Waals surface area contributed by atoms with Gasteiger partial charge in [0.25, 0.3) is 10.0 Å². The first-order chi connectivity index (χ1) is 8.47. The number of anilines is 1. The first-order valence-electron chi connectivity index (χ1n) is 4.86. The molecule has 0 aliphatic heterocycles. The minimum atomic E-state index is -3.86. The predicted octanol–water partition coefficient (Wildman–Crippen LogP) is 2.67. The molecule has 0 radical (unpaired) electrons. The Bertz CT molecular complexity index is 642. The van der Waals surface area contributed by atoms with Crippen LogP contribution in [0.3, 0.4) is 0 Å². The first kappa shape index (κ1) is 12.8. The van der Waals surface area contributed by atoms with Crippen LogP contribution in [-0.4, -0.2) is 13.4 Å². The van der Waals surface area contributed by atoms with Crippen molar-refractivity contribution in [1.29, 1.82) is 0 Å². The largest absolute Gasteiger partial charge is 0.280 e. The molecule has 2 rings (SSSR count). The monoisotopic (exact) mass is 286 g/mol. The highest BCUT2D eigenvalue weighted by Gasteiger charge is 2.15. The van der Waals surface area contributed by atoms with E-state index < -0.39 is 15.8 Å². The van der Waals surface area contributed by atoms with Gasteiger partial charge < -0.3 is 0 Å². The topological polar surface area (TPSA) is 59.1 Å². The van der Waals surface area contributed by atoms with Crippen LogP contribution in [0.1, 0.15) is 0 Å². The van der Waals surface area contributed by atoms with E-state index in [1.807, 2.05) is 0 Å². The van der Waals surface area contributed by atoms with Crippen molar-refractivity contribution in [2.45, 2.75) is 4.90 Å². The van der Waals surface area contributed by atoms with E-state index in [2.05, 4.69) is 9.71 Å². The minimum absolute atomic E-state index is 0.0186. The summed E-state index contributed by atoms with van der Waals surface area (Å²) in [5.74, 6) is -0.711. The van der Waals surface area contributed by atoms with E-state index in [9.17, 15) is 12.8 Å². The Morgan fingerprint density at radius 3 is 2.44 bits per heavy atom. The second-order valence-corrected chi connectivity index (χ2v) is 5.57. The van der Waals surface area contributed by atoms with Gasteiger partial charge in [-0.05, 0) is 30.3 Å². The highest BCUT2D eigenvalue weighted by Crippen LogP contribution is 2.20. The molecule has 0 fully saturated rings. The SMILES string of the molecule is O=S(=O)(Nc1ccncc1)c1cc(F)cc(Cl)c1. The Balaban J connectivity index is 2.37. The van der Waals surface area contributed by atoms with E-state index >= 15 is 0 Å². The van der Waals surface area contributed by atoms with Gasteiger partial charge >= 0.3 is 0 Å². The standard InChI is InChI=1S/C11H8ClFN2O2S/c12-8-5-9(13)7-11(6-8)18(16,17)15-10-1-3-14-4-2-10/h1-7H,(H,14,15). The van der Waals surface area contributed by atoms with E-state index in [1.165, 1.54) is 30.6 Å². The van der Waals surface area contributed by atoms with Crippen LogP contribution in [0.4, 0.5) is 10.1 Å². The summed E-state index contributed by atoms with van der Waals surface area (Å²) in [6.07, 6.45) is 2.88. The second kappa shape index (κ2) is 4.91. The zero-order valence-electron chi connectivity index (χ0n) is 8.97.